The first-order valence-corrected chi connectivity index (χ1v) is 12.9. The van der Waals surface area contributed by atoms with Crippen LogP contribution in [0.1, 0.15) is 5.56 Å². The maximum absolute atomic E-state index is 14.2. The van der Waals surface area contributed by atoms with Crippen molar-refractivity contribution in [1.82, 2.24) is 4.57 Å². The molecule has 0 spiro atoms. The van der Waals surface area contributed by atoms with Gasteiger partial charge in [-0.15, -0.1) is 0 Å². The monoisotopic (exact) mass is 575 g/mol. The average molecular weight is 575 g/mol. The molecular formula is C24H16F6INO. The number of fused-ring (bicyclic) bond motifs is 2. The van der Waals surface area contributed by atoms with Crippen LogP contribution < -0.4 is 0 Å². The van der Waals surface area contributed by atoms with Crippen molar-refractivity contribution in [2.75, 3.05) is 0 Å². The van der Waals surface area contributed by atoms with Crippen molar-refractivity contribution >= 4 is 31.1 Å². The molecule has 0 amide bonds. The zero-order valence-electron chi connectivity index (χ0n) is 17.0. The molecule has 0 saturated carbocycles. The molecule has 0 bridgehead atoms. The summed E-state index contributed by atoms with van der Waals surface area (Å²) in [5, 5.41) is 0.596. The summed E-state index contributed by atoms with van der Waals surface area (Å²) in [5.74, 6) is 0. The van der Waals surface area contributed by atoms with Gasteiger partial charge >= 0.3 is 193 Å². The topological polar surface area (TPSA) is 14.2 Å². The molecule has 2 nitrogen and oxygen atoms in total. The normalized spacial score (nSPS) is 16.9. The van der Waals surface area contributed by atoms with E-state index in [1.165, 1.54) is 18.2 Å². The molecule has 0 radical (unpaired) electrons. The SMILES string of the molecule is Cn1c(-c2ccccc2)c(I2OC(C(F)(F)F)(C(F)(F)F)c3ccccc32)c2ccccc21. The van der Waals surface area contributed by atoms with Gasteiger partial charge in [0.05, 0.1) is 0 Å². The van der Waals surface area contributed by atoms with Crippen molar-refractivity contribution in [3.05, 3.63) is 91.6 Å². The van der Waals surface area contributed by atoms with E-state index < -0.39 is 43.8 Å². The zero-order valence-corrected chi connectivity index (χ0v) is 19.2. The van der Waals surface area contributed by atoms with E-state index in [1.54, 1.807) is 61.6 Å². The maximum atomic E-state index is 14.2. The zero-order chi connectivity index (χ0) is 23.6. The van der Waals surface area contributed by atoms with Gasteiger partial charge in [-0.2, -0.15) is 0 Å². The summed E-state index contributed by atoms with van der Waals surface area (Å²) in [6.07, 6.45) is -11.4. The van der Waals surface area contributed by atoms with Gasteiger partial charge in [0.2, 0.25) is 0 Å². The Morgan fingerprint density at radius 3 is 2.00 bits per heavy atom. The number of nitrogens with zero attached hydrogens (tertiary/aromatic N) is 1. The predicted molar refractivity (Wildman–Crippen MR) is 121 cm³/mol. The number of hydrogen-bond donors (Lipinski definition) is 0. The molecule has 1 aromatic heterocycles. The Morgan fingerprint density at radius 1 is 0.758 bits per heavy atom. The molecule has 33 heavy (non-hydrogen) atoms. The van der Waals surface area contributed by atoms with Gasteiger partial charge in [-0.05, 0) is 0 Å². The predicted octanol–water partition coefficient (Wildman–Crippen LogP) is 7.66. The van der Waals surface area contributed by atoms with Crippen LogP contribution in [0.4, 0.5) is 26.3 Å². The van der Waals surface area contributed by atoms with E-state index in [0.29, 0.717) is 25.7 Å². The Morgan fingerprint density at radius 2 is 1.33 bits per heavy atom. The van der Waals surface area contributed by atoms with E-state index in [2.05, 4.69) is 0 Å². The van der Waals surface area contributed by atoms with Crippen molar-refractivity contribution in [2.24, 2.45) is 7.05 Å². The van der Waals surface area contributed by atoms with Crippen LogP contribution >= 0.6 is 20.2 Å². The van der Waals surface area contributed by atoms with Crippen molar-refractivity contribution in [3.8, 4) is 11.3 Å². The van der Waals surface area contributed by atoms with Gasteiger partial charge in [0.15, 0.2) is 0 Å². The van der Waals surface area contributed by atoms with Gasteiger partial charge in [-0.3, -0.25) is 0 Å². The summed E-state index contributed by atoms with van der Waals surface area (Å²) < 4.78 is 92.7. The number of aromatic nitrogens is 1. The van der Waals surface area contributed by atoms with Crippen molar-refractivity contribution in [3.63, 3.8) is 0 Å². The van der Waals surface area contributed by atoms with Crippen LogP contribution in [0.15, 0.2) is 78.9 Å². The van der Waals surface area contributed by atoms with Crippen LogP contribution in [-0.2, 0) is 15.7 Å². The summed E-state index contributed by atoms with van der Waals surface area (Å²) >= 11 is -3.70. The van der Waals surface area contributed by atoms with Crippen molar-refractivity contribution in [2.45, 2.75) is 18.0 Å². The molecule has 0 saturated heterocycles. The van der Waals surface area contributed by atoms with Gasteiger partial charge < -0.3 is 0 Å². The molecule has 0 atom stereocenters. The Balaban J connectivity index is 1.86. The second kappa shape index (κ2) is 7.49. The minimum atomic E-state index is -5.68. The third-order valence-corrected chi connectivity index (χ3v) is 10.9. The van der Waals surface area contributed by atoms with E-state index in [1.807, 2.05) is 4.57 Å². The number of para-hydroxylation sites is 1. The molecule has 5 rings (SSSR count). The van der Waals surface area contributed by atoms with Gasteiger partial charge in [-0.1, -0.05) is 0 Å². The molecular weight excluding hydrogens is 559 g/mol. The van der Waals surface area contributed by atoms with Crippen LogP contribution in [0, 0.1) is 7.14 Å². The van der Waals surface area contributed by atoms with Gasteiger partial charge in [-0.25, -0.2) is 0 Å². The quantitative estimate of drug-likeness (QED) is 0.177. The molecule has 1 aliphatic rings. The molecule has 9 heteroatoms. The average Bonchev–Trinajstić information content (AvgIpc) is 3.28. The Labute approximate surface area is 192 Å². The Bertz CT molecular complexity index is 1330. The number of rotatable bonds is 2. The molecule has 3 aromatic carbocycles. The number of alkyl halides is 6. The second-order valence-corrected chi connectivity index (χ2v) is 11.7. The van der Waals surface area contributed by atoms with E-state index in [0.717, 1.165) is 6.07 Å². The fourth-order valence-electron chi connectivity index (χ4n) is 4.23. The number of aryl methyl sites for hydroxylation is 1. The molecule has 1 aliphatic heterocycles. The summed E-state index contributed by atoms with van der Waals surface area (Å²) in [6, 6.07) is 20.8. The number of halogens is 7. The number of benzene rings is 3. The Kier molecular flexibility index (Phi) is 5.06. The van der Waals surface area contributed by atoms with Gasteiger partial charge in [0, 0.05) is 0 Å². The van der Waals surface area contributed by atoms with Crippen LogP contribution in [-0.4, -0.2) is 16.9 Å². The Hall–Kier alpha value is -2.53. The van der Waals surface area contributed by atoms with E-state index in [-0.39, 0.29) is 3.57 Å². The van der Waals surface area contributed by atoms with Crippen LogP contribution in [0.25, 0.3) is 22.2 Å². The van der Waals surface area contributed by atoms with E-state index >= 15 is 0 Å². The van der Waals surface area contributed by atoms with Gasteiger partial charge in [0.25, 0.3) is 0 Å². The first kappa shape index (κ1) is 22.3. The van der Waals surface area contributed by atoms with Crippen molar-refractivity contribution < 1.29 is 29.4 Å². The standard InChI is InChI=1S/C24H16F6INO/c1-32-19-14-8-5-11-16(19)20(21(32)15-9-3-2-4-10-15)31-18-13-7-6-12-17(18)22(33-31,23(25,26)27)24(28,29)30/h2-14H,1H3. The summed E-state index contributed by atoms with van der Waals surface area (Å²) in [7, 11) is 1.76. The molecule has 172 valence electrons. The summed E-state index contributed by atoms with van der Waals surface area (Å²) in [4.78, 5) is 0. The second-order valence-electron chi connectivity index (χ2n) is 7.59. The van der Waals surface area contributed by atoms with Crippen LogP contribution in [0.3, 0.4) is 0 Å². The summed E-state index contributed by atoms with van der Waals surface area (Å²) in [5.41, 5.74) is -3.24. The third-order valence-electron chi connectivity index (χ3n) is 5.69. The molecule has 0 fully saturated rings. The summed E-state index contributed by atoms with van der Waals surface area (Å²) in [6.45, 7) is 0. The van der Waals surface area contributed by atoms with E-state index in [4.69, 9.17) is 3.07 Å². The molecule has 4 aromatic rings. The fraction of sp³-hybridized carbons (Fsp3) is 0.167. The molecule has 0 unspecified atom stereocenters. The molecule has 0 N–H and O–H groups in total. The van der Waals surface area contributed by atoms with Crippen LogP contribution in [0.5, 0.6) is 0 Å². The molecule has 2 heterocycles. The first-order chi connectivity index (χ1) is 15.6. The van der Waals surface area contributed by atoms with Crippen molar-refractivity contribution in [1.29, 1.82) is 0 Å². The minimum absolute atomic E-state index is 0.00452. The van der Waals surface area contributed by atoms with Crippen LogP contribution in [0.2, 0.25) is 0 Å². The van der Waals surface area contributed by atoms with Gasteiger partial charge in [0.1, 0.15) is 0 Å². The fourth-order valence-corrected chi connectivity index (χ4v) is 10.4. The third kappa shape index (κ3) is 3.12. The first-order valence-electron chi connectivity index (χ1n) is 9.83. The van der Waals surface area contributed by atoms with E-state index in [9.17, 15) is 26.3 Å². The number of hydrogen-bond acceptors (Lipinski definition) is 1. The molecule has 0 aliphatic carbocycles.